The summed E-state index contributed by atoms with van der Waals surface area (Å²) in [5.41, 5.74) is 0. The molecular formula is C20H18O10. The van der Waals surface area contributed by atoms with Crippen LogP contribution in [0.15, 0.2) is 48.5 Å². The first-order chi connectivity index (χ1) is 14.3. The highest BCUT2D eigenvalue weighted by atomic mass is 16.5. The Bertz CT molecular complexity index is 840. The molecule has 0 aliphatic heterocycles. The standard InChI is InChI=1S/C20H18O10/c1-27-11-3-7-13(8-4-11)29-19(25)15(17(21)22)16(18(23)24)20(26)30-14-9-5-12(28-2)6-10-14/h3-10,15-16H,1-2H3,(H,21,22)(H,23,24)/t15-,16-/m1/s1. The molecule has 2 rings (SSSR count). The molecule has 2 aromatic carbocycles. The molecule has 0 fully saturated rings. The van der Waals surface area contributed by atoms with E-state index in [2.05, 4.69) is 0 Å². The summed E-state index contributed by atoms with van der Waals surface area (Å²) in [6.45, 7) is 0. The first kappa shape index (κ1) is 22.2. The maximum Gasteiger partial charge on any atom is 0.327 e. The molecular weight excluding hydrogens is 400 g/mol. The third-order valence-electron chi connectivity index (χ3n) is 3.93. The van der Waals surface area contributed by atoms with E-state index in [1.54, 1.807) is 0 Å². The second-order valence-corrected chi connectivity index (χ2v) is 5.83. The minimum Gasteiger partial charge on any atom is -0.497 e. The molecule has 0 amide bonds. The summed E-state index contributed by atoms with van der Waals surface area (Å²) in [5, 5.41) is 18.8. The maximum atomic E-state index is 12.4. The van der Waals surface area contributed by atoms with E-state index in [0.29, 0.717) is 11.5 Å². The molecule has 2 N–H and O–H groups in total. The Kier molecular flexibility index (Phi) is 7.34. The number of carbonyl (C=O) groups is 4. The lowest BCUT2D eigenvalue weighted by Gasteiger charge is -2.18. The zero-order chi connectivity index (χ0) is 22.3. The number of aliphatic carboxylic acids is 2. The van der Waals surface area contributed by atoms with Crippen LogP contribution in [0.1, 0.15) is 0 Å². The molecule has 10 nitrogen and oxygen atoms in total. The van der Waals surface area contributed by atoms with Crippen molar-refractivity contribution in [1.29, 1.82) is 0 Å². The summed E-state index contributed by atoms with van der Waals surface area (Å²) in [7, 11) is 2.85. The average Bonchev–Trinajstić information content (AvgIpc) is 2.72. The third-order valence-corrected chi connectivity index (χ3v) is 3.93. The Morgan fingerprint density at radius 1 is 0.600 bits per heavy atom. The van der Waals surface area contributed by atoms with Crippen LogP contribution in [0.3, 0.4) is 0 Å². The average molecular weight is 418 g/mol. The van der Waals surface area contributed by atoms with Crippen molar-refractivity contribution in [2.45, 2.75) is 0 Å². The van der Waals surface area contributed by atoms with E-state index in [1.807, 2.05) is 0 Å². The zero-order valence-electron chi connectivity index (χ0n) is 15.9. The van der Waals surface area contributed by atoms with Gasteiger partial charge in [0.15, 0.2) is 11.8 Å². The number of carboxylic acids is 2. The van der Waals surface area contributed by atoms with E-state index in [-0.39, 0.29) is 11.5 Å². The third kappa shape index (κ3) is 5.47. The van der Waals surface area contributed by atoms with Gasteiger partial charge in [-0.1, -0.05) is 0 Å². The van der Waals surface area contributed by atoms with Crippen LogP contribution in [0.2, 0.25) is 0 Å². The molecule has 0 aromatic heterocycles. The summed E-state index contributed by atoms with van der Waals surface area (Å²) < 4.78 is 19.8. The second-order valence-electron chi connectivity index (χ2n) is 5.83. The summed E-state index contributed by atoms with van der Waals surface area (Å²) in [4.78, 5) is 48.0. The minimum atomic E-state index is -2.34. The Morgan fingerprint density at radius 2 is 0.867 bits per heavy atom. The van der Waals surface area contributed by atoms with Gasteiger partial charge in [0.2, 0.25) is 0 Å². The van der Waals surface area contributed by atoms with Crippen LogP contribution in [0.25, 0.3) is 0 Å². The number of methoxy groups -OCH3 is 2. The molecule has 0 unspecified atom stereocenters. The van der Waals surface area contributed by atoms with Gasteiger partial charge in [0.25, 0.3) is 0 Å². The van der Waals surface area contributed by atoms with Crippen molar-refractivity contribution < 1.29 is 48.3 Å². The van der Waals surface area contributed by atoms with Crippen molar-refractivity contribution in [3.63, 3.8) is 0 Å². The minimum absolute atomic E-state index is 0.0558. The van der Waals surface area contributed by atoms with Crippen LogP contribution in [-0.2, 0) is 19.2 Å². The molecule has 2 atom stereocenters. The van der Waals surface area contributed by atoms with E-state index < -0.39 is 35.7 Å². The van der Waals surface area contributed by atoms with Gasteiger partial charge < -0.3 is 29.2 Å². The van der Waals surface area contributed by atoms with Crippen molar-refractivity contribution in [2.24, 2.45) is 11.8 Å². The fraction of sp³-hybridized carbons (Fsp3) is 0.200. The first-order valence-corrected chi connectivity index (χ1v) is 8.44. The topological polar surface area (TPSA) is 146 Å². The molecule has 0 heterocycles. The fourth-order valence-corrected chi connectivity index (χ4v) is 2.41. The molecule has 30 heavy (non-hydrogen) atoms. The number of benzene rings is 2. The Hall–Kier alpha value is -4.08. The van der Waals surface area contributed by atoms with Crippen molar-refractivity contribution in [2.75, 3.05) is 14.2 Å². The molecule has 2 aromatic rings. The van der Waals surface area contributed by atoms with Crippen molar-refractivity contribution in [3.05, 3.63) is 48.5 Å². The number of hydrogen-bond acceptors (Lipinski definition) is 8. The monoisotopic (exact) mass is 418 g/mol. The van der Waals surface area contributed by atoms with Crippen LogP contribution in [0, 0.1) is 11.8 Å². The quantitative estimate of drug-likeness (QED) is 0.350. The molecule has 0 aliphatic rings. The predicted octanol–water partition coefficient (Wildman–Crippen LogP) is 1.62. The Labute approximate surface area is 170 Å². The molecule has 0 saturated carbocycles. The van der Waals surface area contributed by atoms with Crippen LogP contribution < -0.4 is 18.9 Å². The van der Waals surface area contributed by atoms with Crippen LogP contribution in [-0.4, -0.2) is 48.3 Å². The van der Waals surface area contributed by atoms with E-state index in [4.69, 9.17) is 18.9 Å². The molecule has 158 valence electrons. The molecule has 0 radical (unpaired) electrons. The number of carbonyl (C=O) groups excluding carboxylic acids is 2. The summed E-state index contributed by atoms with van der Waals surface area (Å²) in [6.07, 6.45) is 0. The zero-order valence-corrected chi connectivity index (χ0v) is 15.9. The number of rotatable bonds is 9. The first-order valence-electron chi connectivity index (χ1n) is 8.44. The van der Waals surface area contributed by atoms with E-state index in [1.165, 1.54) is 62.8 Å². The van der Waals surface area contributed by atoms with Gasteiger partial charge >= 0.3 is 23.9 Å². The van der Waals surface area contributed by atoms with Crippen LogP contribution >= 0.6 is 0 Å². The largest absolute Gasteiger partial charge is 0.497 e. The van der Waals surface area contributed by atoms with Gasteiger partial charge in [-0.2, -0.15) is 0 Å². The highest BCUT2D eigenvalue weighted by Crippen LogP contribution is 2.24. The maximum absolute atomic E-state index is 12.4. The van der Waals surface area contributed by atoms with Crippen LogP contribution in [0.5, 0.6) is 23.0 Å². The van der Waals surface area contributed by atoms with Gasteiger partial charge in [-0.3, -0.25) is 19.2 Å². The Morgan fingerprint density at radius 3 is 1.10 bits per heavy atom. The molecule has 0 bridgehead atoms. The van der Waals surface area contributed by atoms with Gasteiger partial charge in [-0.15, -0.1) is 0 Å². The van der Waals surface area contributed by atoms with Crippen molar-refractivity contribution >= 4 is 23.9 Å². The number of esters is 2. The molecule has 0 spiro atoms. The lowest BCUT2D eigenvalue weighted by atomic mass is 9.92. The van der Waals surface area contributed by atoms with Gasteiger partial charge in [-0.05, 0) is 48.5 Å². The Balaban J connectivity index is 2.22. The van der Waals surface area contributed by atoms with E-state index in [0.717, 1.165) is 0 Å². The summed E-state index contributed by atoms with van der Waals surface area (Å²) in [6, 6.07) is 11.1. The SMILES string of the molecule is COc1ccc(OC(=O)[C@@H](C(=O)O)[C@H](C(=O)O)C(=O)Oc2ccc(OC)cc2)cc1. The van der Waals surface area contributed by atoms with Crippen molar-refractivity contribution in [1.82, 2.24) is 0 Å². The normalized spacial score (nSPS) is 12.2. The van der Waals surface area contributed by atoms with Crippen molar-refractivity contribution in [3.8, 4) is 23.0 Å². The second kappa shape index (κ2) is 9.92. The predicted molar refractivity (Wildman–Crippen MR) is 99.5 cm³/mol. The van der Waals surface area contributed by atoms with Gasteiger partial charge in [0.1, 0.15) is 23.0 Å². The lowest BCUT2D eigenvalue weighted by molar-refractivity contribution is -0.169. The number of carboxylic acid groups (broad SMARTS) is 2. The lowest BCUT2D eigenvalue weighted by Crippen LogP contribution is -2.44. The van der Waals surface area contributed by atoms with E-state index in [9.17, 15) is 29.4 Å². The van der Waals surface area contributed by atoms with Gasteiger partial charge in [-0.25, -0.2) is 0 Å². The highest BCUT2D eigenvalue weighted by molar-refractivity contribution is 6.07. The molecule has 10 heteroatoms. The summed E-state index contributed by atoms with van der Waals surface area (Å²) >= 11 is 0. The summed E-state index contributed by atoms with van der Waals surface area (Å²) in [5.74, 6) is -10.5. The highest BCUT2D eigenvalue weighted by Gasteiger charge is 2.47. The number of ether oxygens (including phenoxy) is 4. The van der Waals surface area contributed by atoms with Crippen LogP contribution in [0.4, 0.5) is 0 Å². The van der Waals surface area contributed by atoms with Gasteiger partial charge in [0, 0.05) is 0 Å². The van der Waals surface area contributed by atoms with E-state index >= 15 is 0 Å². The smallest absolute Gasteiger partial charge is 0.327 e. The van der Waals surface area contributed by atoms with Gasteiger partial charge in [0.05, 0.1) is 14.2 Å². The molecule has 0 aliphatic carbocycles. The fourth-order valence-electron chi connectivity index (χ4n) is 2.41. The molecule has 0 saturated heterocycles. The number of hydrogen-bond donors (Lipinski definition) is 2.